The highest BCUT2D eigenvalue weighted by molar-refractivity contribution is 7.99. The third kappa shape index (κ3) is 5.55. The number of hydrogen-bond donors (Lipinski definition) is 1. The number of thioether (sulfide) groups is 1. The molecule has 1 fully saturated rings. The zero-order chi connectivity index (χ0) is 12.2. The van der Waals surface area contributed by atoms with Crippen molar-refractivity contribution in [2.24, 2.45) is 5.92 Å². The normalized spacial score (nSPS) is 25.7. The third-order valence-electron chi connectivity index (χ3n) is 3.03. The Bertz CT molecular complexity index is 201. The van der Waals surface area contributed by atoms with Crippen LogP contribution in [0.3, 0.4) is 0 Å². The molecule has 0 saturated carbocycles. The molecule has 2 atom stereocenters. The SMILES string of the molecule is CC(CNC(C)(C)C)CN1CCSCC1C. The Morgan fingerprint density at radius 1 is 1.44 bits per heavy atom. The summed E-state index contributed by atoms with van der Waals surface area (Å²) in [5.41, 5.74) is 0.248. The van der Waals surface area contributed by atoms with E-state index in [0.29, 0.717) is 0 Å². The maximum Gasteiger partial charge on any atom is 0.0158 e. The lowest BCUT2D eigenvalue weighted by Gasteiger charge is -2.35. The fraction of sp³-hybridized carbons (Fsp3) is 1.00. The van der Waals surface area contributed by atoms with Crippen LogP contribution >= 0.6 is 11.8 Å². The molecule has 0 aliphatic carbocycles. The molecular weight excluding hydrogens is 216 g/mol. The summed E-state index contributed by atoms with van der Waals surface area (Å²) >= 11 is 2.09. The molecule has 16 heavy (non-hydrogen) atoms. The van der Waals surface area contributed by atoms with Crippen LogP contribution in [0, 0.1) is 5.92 Å². The fourth-order valence-corrected chi connectivity index (χ4v) is 3.06. The molecular formula is C13H28N2S. The Labute approximate surface area is 106 Å². The topological polar surface area (TPSA) is 15.3 Å². The molecule has 1 saturated heterocycles. The van der Waals surface area contributed by atoms with Crippen molar-refractivity contribution < 1.29 is 0 Å². The molecule has 2 unspecified atom stereocenters. The molecule has 0 spiro atoms. The summed E-state index contributed by atoms with van der Waals surface area (Å²) in [4.78, 5) is 2.64. The number of nitrogens with zero attached hydrogens (tertiary/aromatic N) is 1. The number of nitrogens with one attached hydrogen (secondary N) is 1. The summed E-state index contributed by atoms with van der Waals surface area (Å²) in [6.45, 7) is 15.1. The molecule has 0 aromatic heterocycles. The van der Waals surface area contributed by atoms with Crippen LogP contribution in [-0.4, -0.2) is 47.6 Å². The van der Waals surface area contributed by atoms with E-state index in [1.54, 1.807) is 0 Å². The van der Waals surface area contributed by atoms with Crippen LogP contribution in [0.2, 0.25) is 0 Å². The fourth-order valence-electron chi connectivity index (χ4n) is 1.98. The van der Waals surface area contributed by atoms with E-state index in [0.717, 1.165) is 18.5 Å². The molecule has 2 nitrogen and oxygen atoms in total. The second-order valence-electron chi connectivity index (χ2n) is 6.15. The van der Waals surface area contributed by atoms with Gasteiger partial charge in [-0.15, -0.1) is 0 Å². The second kappa shape index (κ2) is 6.27. The van der Waals surface area contributed by atoms with Crippen molar-refractivity contribution >= 4 is 11.8 Å². The van der Waals surface area contributed by atoms with Crippen molar-refractivity contribution in [1.82, 2.24) is 10.2 Å². The lowest BCUT2D eigenvalue weighted by atomic mass is 10.1. The largest absolute Gasteiger partial charge is 0.312 e. The van der Waals surface area contributed by atoms with Crippen LogP contribution < -0.4 is 5.32 Å². The Balaban J connectivity index is 2.24. The van der Waals surface area contributed by atoms with Crippen molar-refractivity contribution in [2.75, 3.05) is 31.1 Å². The van der Waals surface area contributed by atoms with Gasteiger partial charge in [0.1, 0.15) is 0 Å². The van der Waals surface area contributed by atoms with Gasteiger partial charge in [0.15, 0.2) is 0 Å². The Morgan fingerprint density at radius 2 is 2.12 bits per heavy atom. The molecule has 1 N–H and O–H groups in total. The monoisotopic (exact) mass is 244 g/mol. The van der Waals surface area contributed by atoms with Gasteiger partial charge in [0.25, 0.3) is 0 Å². The Kier molecular flexibility index (Phi) is 5.62. The summed E-state index contributed by atoms with van der Waals surface area (Å²) in [6, 6.07) is 0.760. The van der Waals surface area contributed by atoms with Gasteiger partial charge < -0.3 is 5.32 Å². The minimum absolute atomic E-state index is 0.248. The molecule has 1 rings (SSSR count). The average Bonchev–Trinajstić information content (AvgIpc) is 2.18. The van der Waals surface area contributed by atoms with Crippen LogP contribution in [0.15, 0.2) is 0 Å². The second-order valence-corrected chi connectivity index (χ2v) is 7.30. The predicted molar refractivity (Wildman–Crippen MR) is 75.3 cm³/mol. The molecule has 1 aliphatic rings. The first-order valence-corrected chi connectivity index (χ1v) is 7.61. The summed E-state index contributed by atoms with van der Waals surface area (Å²) < 4.78 is 0. The van der Waals surface area contributed by atoms with Gasteiger partial charge in [-0.05, 0) is 40.2 Å². The third-order valence-corrected chi connectivity index (χ3v) is 4.22. The zero-order valence-corrected chi connectivity index (χ0v) is 12.4. The van der Waals surface area contributed by atoms with E-state index in [4.69, 9.17) is 0 Å². The van der Waals surface area contributed by atoms with Crippen molar-refractivity contribution in [3.8, 4) is 0 Å². The van der Waals surface area contributed by atoms with Crippen molar-refractivity contribution in [3.63, 3.8) is 0 Å². The van der Waals surface area contributed by atoms with Gasteiger partial charge in [0.2, 0.25) is 0 Å². The molecule has 0 radical (unpaired) electrons. The first-order valence-electron chi connectivity index (χ1n) is 6.45. The molecule has 0 amide bonds. The quantitative estimate of drug-likeness (QED) is 0.818. The highest BCUT2D eigenvalue weighted by Gasteiger charge is 2.20. The van der Waals surface area contributed by atoms with E-state index < -0.39 is 0 Å². The highest BCUT2D eigenvalue weighted by Crippen LogP contribution is 2.17. The van der Waals surface area contributed by atoms with Crippen LogP contribution in [0.1, 0.15) is 34.6 Å². The Morgan fingerprint density at radius 3 is 2.69 bits per heavy atom. The summed E-state index contributed by atoms with van der Waals surface area (Å²) in [7, 11) is 0. The molecule has 0 bridgehead atoms. The lowest BCUT2D eigenvalue weighted by Crippen LogP contribution is -2.46. The van der Waals surface area contributed by atoms with E-state index in [1.165, 1.54) is 24.6 Å². The molecule has 1 aliphatic heterocycles. The molecule has 1 heterocycles. The van der Waals surface area contributed by atoms with Crippen LogP contribution in [0.5, 0.6) is 0 Å². The van der Waals surface area contributed by atoms with Crippen molar-refractivity contribution in [2.45, 2.75) is 46.2 Å². The Hall–Kier alpha value is 0.270. The van der Waals surface area contributed by atoms with Gasteiger partial charge in [-0.2, -0.15) is 11.8 Å². The van der Waals surface area contributed by atoms with E-state index in [2.05, 4.69) is 56.6 Å². The van der Waals surface area contributed by atoms with Gasteiger partial charge in [-0.1, -0.05) is 6.92 Å². The summed E-state index contributed by atoms with van der Waals surface area (Å²) in [5, 5.41) is 3.59. The summed E-state index contributed by atoms with van der Waals surface area (Å²) in [6.07, 6.45) is 0. The predicted octanol–water partition coefficient (Wildman–Crippen LogP) is 2.45. The molecule has 96 valence electrons. The summed E-state index contributed by atoms with van der Waals surface area (Å²) in [5.74, 6) is 3.35. The first kappa shape index (κ1) is 14.3. The van der Waals surface area contributed by atoms with Crippen LogP contribution in [0.25, 0.3) is 0 Å². The number of hydrogen-bond acceptors (Lipinski definition) is 3. The first-order chi connectivity index (χ1) is 7.38. The van der Waals surface area contributed by atoms with E-state index in [1.807, 2.05) is 0 Å². The lowest BCUT2D eigenvalue weighted by molar-refractivity contribution is 0.195. The van der Waals surface area contributed by atoms with Gasteiger partial charge in [-0.25, -0.2) is 0 Å². The van der Waals surface area contributed by atoms with E-state index in [9.17, 15) is 0 Å². The van der Waals surface area contributed by atoms with Crippen molar-refractivity contribution in [1.29, 1.82) is 0 Å². The molecule has 0 aromatic carbocycles. The maximum absolute atomic E-state index is 3.59. The van der Waals surface area contributed by atoms with Crippen LogP contribution in [-0.2, 0) is 0 Å². The van der Waals surface area contributed by atoms with Gasteiger partial charge in [-0.3, -0.25) is 4.90 Å². The molecule has 3 heteroatoms. The van der Waals surface area contributed by atoms with Gasteiger partial charge in [0, 0.05) is 36.2 Å². The standard InChI is InChI=1S/C13H28N2S/c1-11(8-14-13(3,4)5)9-15-6-7-16-10-12(15)2/h11-12,14H,6-10H2,1-5H3. The molecule has 0 aromatic rings. The minimum atomic E-state index is 0.248. The number of rotatable bonds is 4. The van der Waals surface area contributed by atoms with Crippen molar-refractivity contribution in [3.05, 3.63) is 0 Å². The van der Waals surface area contributed by atoms with E-state index in [-0.39, 0.29) is 5.54 Å². The zero-order valence-electron chi connectivity index (χ0n) is 11.5. The van der Waals surface area contributed by atoms with E-state index >= 15 is 0 Å². The average molecular weight is 244 g/mol. The van der Waals surface area contributed by atoms with Crippen LogP contribution in [0.4, 0.5) is 0 Å². The highest BCUT2D eigenvalue weighted by atomic mass is 32.2. The van der Waals surface area contributed by atoms with Gasteiger partial charge in [0.05, 0.1) is 0 Å². The maximum atomic E-state index is 3.59. The van der Waals surface area contributed by atoms with Gasteiger partial charge >= 0.3 is 0 Å². The smallest absolute Gasteiger partial charge is 0.0158 e. The minimum Gasteiger partial charge on any atom is -0.312 e.